The zero-order chi connectivity index (χ0) is 20.3. The molecule has 7 nitrogen and oxygen atoms in total. The molecular weight excluding hydrogens is 382 g/mol. The van der Waals surface area contributed by atoms with Gasteiger partial charge in [-0.1, -0.05) is 23.7 Å². The van der Waals surface area contributed by atoms with Crippen molar-refractivity contribution in [3.8, 4) is 5.75 Å². The maximum absolute atomic E-state index is 12.7. The van der Waals surface area contributed by atoms with E-state index in [1.165, 1.54) is 0 Å². The molecule has 0 spiro atoms. The largest absolute Gasteiger partial charge is 0.478 e. The van der Waals surface area contributed by atoms with Crippen molar-refractivity contribution in [2.75, 3.05) is 11.9 Å². The minimum absolute atomic E-state index is 0.00544. The zero-order valence-electron chi connectivity index (χ0n) is 15.5. The van der Waals surface area contributed by atoms with E-state index in [0.29, 0.717) is 16.5 Å². The van der Waals surface area contributed by atoms with Gasteiger partial charge < -0.3 is 15.4 Å². The fraction of sp³-hybridized carbons (Fsp3) is 0.250. The highest BCUT2D eigenvalue weighted by molar-refractivity contribution is 6.30. The molecule has 0 unspecified atom stereocenters. The Morgan fingerprint density at radius 3 is 2.57 bits per heavy atom. The normalized spacial score (nSPS) is 14.0. The minimum Gasteiger partial charge on any atom is -0.478 e. The van der Waals surface area contributed by atoms with Crippen molar-refractivity contribution in [3.63, 3.8) is 0 Å². The summed E-state index contributed by atoms with van der Waals surface area (Å²) < 4.78 is 5.78. The summed E-state index contributed by atoms with van der Waals surface area (Å²) in [4.78, 5) is 37.2. The van der Waals surface area contributed by atoms with Gasteiger partial charge in [0.1, 0.15) is 5.75 Å². The summed E-state index contributed by atoms with van der Waals surface area (Å²) in [5.41, 5.74) is 0.135. The number of halogens is 1. The first-order valence-corrected chi connectivity index (χ1v) is 9.05. The van der Waals surface area contributed by atoms with Crippen LogP contribution in [0.4, 0.5) is 10.5 Å². The Balaban J connectivity index is 1.67. The first-order chi connectivity index (χ1) is 13.2. The van der Waals surface area contributed by atoms with Crippen LogP contribution in [0.3, 0.4) is 0 Å². The molecule has 4 amide bonds. The van der Waals surface area contributed by atoms with Crippen LogP contribution in [0.1, 0.15) is 19.4 Å². The molecule has 2 N–H and O–H groups in total. The van der Waals surface area contributed by atoms with E-state index in [2.05, 4.69) is 10.6 Å². The van der Waals surface area contributed by atoms with Gasteiger partial charge in [0.05, 0.1) is 13.1 Å². The van der Waals surface area contributed by atoms with Gasteiger partial charge in [-0.3, -0.25) is 14.5 Å². The average molecular weight is 402 g/mol. The molecule has 1 heterocycles. The Kier molecular flexibility index (Phi) is 5.56. The number of carbonyl (C=O) groups is 3. The molecule has 1 aliphatic heterocycles. The molecule has 1 aliphatic rings. The number of ether oxygens (including phenoxy) is 1. The first kappa shape index (κ1) is 19.7. The monoisotopic (exact) mass is 401 g/mol. The van der Waals surface area contributed by atoms with Crippen molar-refractivity contribution < 1.29 is 19.1 Å². The second-order valence-electron chi connectivity index (χ2n) is 6.86. The number of carbonyl (C=O) groups excluding carboxylic acids is 3. The lowest BCUT2D eigenvalue weighted by Gasteiger charge is -2.25. The SMILES string of the molecule is CC(C)(Oc1ccc(Cl)cc1)C(=O)Nc1cccc(CN2C(=O)CNC2=O)c1. The second kappa shape index (κ2) is 7.90. The minimum atomic E-state index is -1.13. The predicted octanol–water partition coefficient (Wildman–Crippen LogP) is 3.19. The molecule has 8 heteroatoms. The van der Waals surface area contributed by atoms with Crippen LogP contribution in [0.15, 0.2) is 48.5 Å². The summed E-state index contributed by atoms with van der Waals surface area (Å²) in [5.74, 6) is -0.0941. The van der Waals surface area contributed by atoms with Gasteiger partial charge in [0.2, 0.25) is 5.91 Å². The number of benzene rings is 2. The van der Waals surface area contributed by atoms with Crippen molar-refractivity contribution in [1.82, 2.24) is 10.2 Å². The Morgan fingerprint density at radius 1 is 1.21 bits per heavy atom. The second-order valence-corrected chi connectivity index (χ2v) is 7.30. The molecule has 0 bridgehead atoms. The Hall–Kier alpha value is -3.06. The number of nitrogens with zero attached hydrogens (tertiary/aromatic N) is 1. The Morgan fingerprint density at radius 2 is 1.93 bits per heavy atom. The van der Waals surface area contributed by atoms with Crippen LogP contribution in [0, 0.1) is 0 Å². The molecule has 0 radical (unpaired) electrons. The van der Waals surface area contributed by atoms with E-state index in [0.717, 1.165) is 10.5 Å². The molecule has 2 aromatic rings. The van der Waals surface area contributed by atoms with Gasteiger partial charge in [0.25, 0.3) is 5.91 Å². The van der Waals surface area contributed by atoms with E-state index in [-0.39, 0.29) is 24.9 Å². The molecule has 0 aromatic heterocycles. The summed E-state index contributed by atoms with van der Waals surface area (Å²) in [6, 6.07) is 13.3. The number of imide groups is 1. The van der Waals surface area contributed by atoms with Crippen molar-refractivity contribution in [2.24, 2.45) is 0 Å². The Labute approximate surface area is 167 Å². The van der Waals surface area contributed by atoms with Crippen LogP contribution >= 0.6 is 11.6 Å². The van der Waals surface area contributed by atoms with Gasteiger partial charge in [0, 0.05) is 10.7 Å². The molecule has 0 saturated carbocycles. The third-order valence-electron chi connectivity index (χ3n) is 4.20. The van der Waals surface area contributed by atoms with E-state index in [4.69, 9.17) is 16.3 Å². The van der Waals surface area contributed by atoms with E-state index in [1.807, 2.05) is 0 Å². The van der Waals surface area contributed by atoms with Crippen LogP contribution in [0.2, 0.25) is 5.02 Å². The zero-order valence-corrected chi connectivity index (χ0v) is 16.2. The number of hydrogen-bond acceptors (Lipinski definition) is 4. The molecule has 1 fully saturated rings. The molecule has 2 aromatic carbocycles. The summed E-state index contributed by atoms with van der Waals surface area (Å²) in [5, 5.41) is 5.86. The quantitative estimate of drug-likeness (QED) is 0.727. The topological polar surface area (TPSA) is 87.7 Å². The molecule has 0 aliphatic carbocycles. The van der Waals surface area contributed by atoms with Crippen LogP contribution < -0.4 is 15.4 Å². The summed E-state index contributed by atoms with van der Waals surface area (Å²) >= 11 is 5.86. The van der Waals surface area contributed by atoms with Crippen molar-refractivity contribution in [3.05, 3.63) is 59.1 Å². The lowest BCUT2D eigenvalue weighted by molar-refractivity contribution is -0.128. The standard InChI is InChI=1S/C20H20ClN3O4/c1-20(2,28-16-8-6-14(21)7-9-16)18(26)23-15-5-3-4-13(10-15)12-24-17(25)11-22-19(24)27/h3-10H,11-12H2,1-2H3,(H,22,27)(H,23,26). The van der Waals surface area contributed by atoms with Gasteiger partial charge in [0.15, 0.2) is 5.60 Å². The van der Waals surface area contributed by atoms with E-state index in [9.17, 15) is 14.4 Å². The summed E-state index contributed by atoms with van der Waals surface area (Å²) in [7, 11) is 0. The number of rotatable bonds is 6. The summed E-state index contributed by atoms with van der Waals surface area (Å²) in [6.07, 6.45) is 0. The number of hydrogen-bond donors (Lipinski definition) is 2. The molecule has 28 heavy (non-hydrogen) atoms. The van der Waals surface area contributed by atoms with E-state index >= 15 is 0 Å². The van der Waals surface area contributed by atoms with E-state index in [1.54, 1.807) is 62.4 Å². The highest BCUT2D eigenvalue weighted by atomic mass is 35.5. The third kappa shape index (κ3) is 4.61. The molecule has 0 atom stereocenters. The smallest absolute Gasteiger partial charge is 0.324 e. The highest BCUT2D eigenvalue weighted by Gasteiger charge is 2.31. The lowest BCUT2D eigenvalue weighted by Crippen LogP contribution is -2.42. The molecular formula is C20H20ClN3O4. The fourth-order valence-electron chi connectivity index (χ4n) is 2.67. The average Bonchev–Trinajstić information content (AvgIpc) is 2.96. The van der Waals surface area contributed by atoms with Gasteiger partial charge in [-0.05, 0) is 55.8 Å². The summed E-state index contributed by atoms with van der Waals surface area (Å²) in [6.45, 7) is 3.46. The first-order valence-electron chi connectivity index (χ1n) is 8.68. The van der Waals surface area contributed by atoms with Crippen molar-refractivity contribution >= 4 is 35.1 Å². The van der Waals surface area contributed by atoms with Crippen LogP contribution in [0.5, 0.6) is 5.75 Å². The van der Waals surface area contributed by atoms with Gasteiger partial charge in [-0.15, -0.1) is 0 Å². The molecule has 1 saturated heterocycles. The van der Waals surface area contributed by atoms with Crippen LogP contribution in [-0.4, -0.2) is 34.9 Å². The molecule has 146 valence electrons. The maximum Gasteiger partial charge on any atom is 0.324 e. The predicted molar refractivity (Wildman–Crippen MR) is 105 cm³/mol. The van der Waals surface area contributed by atoms with Crippen molar-refractivity contribution in [2.45, 2.75) is 26.0 Å². The molecule has 3 rings (SSSR count). The number of nitrogens with one attached hydrogen (secondary N) is 2. The number of anilines is 1. The van der Waals surface area contributed by atoms with Crippen LogP contribution in [-0.2, 0) is 16.1 Å². The highest BCUT2D eigenvalue weighted by Crippen LogP contribution is 2.22. The van der Waals surface area contributed by atoms with Gasteiger partial charge in [-0.25, -0.2) is 4.79 Å². The third-order valence-corrected chi connectivity index (χ3v) is 4.45. The van der Waals surface area contributed by atoms with E-state index < -0.39 is 11.6 Å². The lowest BCUT2D eigenvalue weighted by atomic mass is 10.1. The fourth-order valence-corrected chi connectivity index (χ4v) is 2.80. The maximum atomic E-state index is 12.7. The number of urea groups is 1. The Bertz CT molecular complexity index is 896. The van der Waals surface area contributed by atoms with Crippen LogP contribution in [0.25, 0.3) is 0 Å². The van der Waals surface area contributed by atoms with Gasteiger partial charge in [-0.2, -0.15) is 0 Å². The van der Waals surface area contributed by atoms with Gasteiger partial charge >= 0.3 is 6.03 Å². The van der Waals surface area contributed by atoms with Crippen molar-refractivity contribution in [1.29, 1.82) is 0 Å². The number of amides is 4.